The van der Waals surface area contributed by atoms with Gasteiger partial charge in [-0.2, -0.15) is 0 Å². The minimum atomic E-state index is -0.819. The molecule has 0 aromatic heterocycles. The van der Waals surface area contributed by atoms with Crippen LogP contribution in [0, 0.1) is 17.8 Å². The van der Waals surface area contributed by atoms with Crippen molar-refractivity contribution in [3.8, 4) is 0 Å². The van der Waals surface area contributed by atoms with Crippen LogP contribution in [0.25, 0.3) is 0 Å². The zero-order valence-corrected chi connectivity index (χ0v) is 13.0. The highest BCUT2D eigenvalue weighted by Gasteiger charge is 2.38. The Morgan fingerprint density at radius 3 is 2.53 bits per heavy atom. The van der Waals surface area contributed by atoms with Gasteiger partial charge in [-0.3, -0.25) is 0 Å². The molecule has 0 bridgehead atoms. The fourth-order valence-corrected chi connectivity index (χ4v) is 3.06. The highest BCUT2D eigenvalue weighted by Crippen LogP contribution is 2.38. The number of rotatable bonds is 3. The van der Waals surface area contributed by atoms with Gasteiger partial charge in [-0.05, 0) is 37.0 Å². The normalized spacial score (nSPS) is 36.0. The molecule has 0 spiro atoms. The highest BCUT2D eigenvalue weighted by molar-refractivity contribution is 6.48. The molecule has 0 amide bonds. The van der Waals surface area contributed by atoms with Gasteiger partial charge in [0.25, 0.3) is 0 Å². The molecule has 1 saturated carbocycles. The molecule has 0 aromatic rings. The summed E-state index contributed by atoms with van der Waals surface area (Å²) in [5.74, 6) is 1.13. The molecule has 0 N–H and O–H groups in total. The van der Waals surface area contributed by atoms with Gasteiger partial charge in [-0.15, -0.1) is 0 Å². The number of halogens is 2. The van der Waals surface area contributed by atoms with E-state index in [1.54, 1.807) is 0 Å². The molecule has 1 heterocycles. The van der Waals surface area contributed by atoms with Crippen LogP contribution >= 0.6 is 23.2 Å². The Labute approximate surface area is 124 Å². The average Bonchev–Trinajstić information content (AvgIpc) is 2.59. The van der Waals surface area contributed by atoms with Crippen molar-refractivity contribution in [1.29, 1.82) is 0 Å². The zero-order chi connectivity index (χ0) is 14.2. The van der Waals surface area contributed by atoms with Crippen molar-refractivity contribution < 1.29 is 14.3 Å². The number of hydrogen-bond donors (Lipinski definition) is 0. The van der Waals surface area contributed by atoms with Gasteiger partial charge >= 0.3 is 5.97 Å². The molecular weight excluding hydrogens is 287 g/mol. The van der Waals surface area contributed by atoms with Crippen LogP contribution in [0.3, 0.4) is 0 Å². The second-order valence-electron chi connectivity index (χ2n) is 5.87. The van der Waals surface area contributed by atoms with Crippen molar-refractivity contribution in [2.45, 2.75) is 52.4 Å². The Balaban J connectivity index is 2.00. The SMILES string of the molecule is CC(C)C1CCC(C)C(OC2OC(=O)C(Cl)=C2Cl)C1. The number of hydrogen-bond acceptors (Lipinski definition) is 3. The lowest BCUT2D eigenvalue weighted by atomic mass is 9.76. The predicted molar refractivity (Wildman–Crippen MR) is 74.8 cm³/mol. The lowest BCUT2D eigenvalue weighted by molar-refractivity contribution is -0.177. The monoisotopic (exact) mass is 306 g/mol. The molecule has 1 aliphatic carbocycles. The molecule has 19 heavy (non-hydrogen) atoms. The molecule has 4 atom stereocenters. The van der Waals surface area contributed by atoms with Crippen LogP contribution < -0.4 is 0 Å². The van der Waals surface area contributed by atoms with E-state index in [1.807, 2.05) is 0 Å². The minimum Gasteiger partial charge on any atom is -0.426 e. The molecular formula is C14H20Cl2O3. The molecule has 108 valence electrons. The Kier molecular flexibility index (Phi) is 4.80. The van der Waals surface area contributed by atoms with E-state index in [4.69, 9.17) is 32.7 Å². The van der Waals surface area contributed by atoms with Crippen molar-refractivity contribution in [3.05, 3.63) is 10.1 Å². The minimum absolute atomic E-state index is 0.0597. The highest BCUT2D eigenvalue weighted by atomic mass is 35.5. The summed E-state index contributed by atoms with van der Waals surface area (Å²) in [5, 5.41) is 0.112. The third-order valence-electron chi connectivity index (χ3n) is 4.21. The molecule has 2 aliphatic rings. The first-order valence-electron chi connectivity index (χ1n) is 6.81. The van der Waals surface area contributed by atoms with Crippen molar-refractivity contribution in [3.63, 3.8) is 0 Å². The summed E-state index contributed by atoms with van der Waals surface area (Å²) in [7, 11) is 0. The number of cyclic esters (lactones) is 1. The van der Waals surface area contributed by atoms with Crippen LogP contribution in [-0.4, -0.2) is 18.4 Å². The molecule has 2 rings (SSSR count). The van der Waals surface area contributed by atoms with E-state index >= 15 is 0 Å². The lowest BCUT2D eigenvalue weighted by Crippen LogP contribution is -2.35. The Hall–Kier alpha value is -0.250. The maximum atomic E-state index is 11.3. The fourth-order valence-electron chi connectivity index (χ4n) is 2.75. The van der Waals surface area contributed by atoms with Crippen LogP contribution in [0.5, 0.6) is 0 Å². The summed E-state index contributed by atoms with van der Waals surface area (Å²) in [6.07, 6.45) is 2.58. The average molecular weight is 307 g/mol. The van der Waals surface area contributed by atoms with E-state index in [0.717, 1.165) is 12.8 Å². The van der Waals surface area contributed by atoms with E-state index in [-0.39, 0.29) is 16.2 Å². The third kappa shape index (κ3) is 3.26. The van der Waals surface area contributed by atoms with Gasteiger partial charge in [0.05, 0.1) is 6.10 Å². The number of esters is 1. The predicted octanol–water partition coefficient (Wildman–Crippen LogP) is 4.04. The van der Waals surface area contributed by atoms with Crippen LogP contribution in [0.4, 0.5) is 0 Å². The zero-order valence-electron chi connectivity index (χ0n) is 11.5. The second-order valence-corrected chi connectivity index (χ2v) is 6.65. The van der Waals surface area contributed by atoms with Gasteiger partial charge in [0.2, 0.25) is 6.29 Å². The molecule has 0 radical (unpaired) electrons. The van der Waals surface area contributed by atoms with Crippen molar-refractivity contribution in [2.24, 2.45) is 17.8 Å². The van der Waals surface area contributed by atoms with E-state index < -0.39 is 12.3 Å². The summed E-state index contributed by atoms with van der Waals surface area (Å²) >= 11 is 11.7. The van der Waals surface area contributed by atoms with Crippen LogP contribution in [-0.2, 0) is 14.3 Å². The number of carbonyl (C=O) groups is 1. The quantitative estimate of drug-likeness (QED) is 0.738. The summed E-state index contributed by atoms with van der Waals surface area (Å²) in [4.78, 5) is 11.3. The summed E-state index contributed by atoms with van der Waals surface area (Å²) < 4.78 is 10.9. The fraction of sp³-hybridized carbons (Fsp3) is 0.786. The Bertz CT molecular complexity index is 392. The molecule has 1 aliphatic heterocycles. The van der Waals surface area contributed by atoms with Gasteiger partial charge in [-0.25, -0.2) is 4.79 Å². The van der Waals surface area contributed by atoms with Gasteiger partial charge in [0, 0.05) is 0 Å². The smallest absolute Gasteiger partial charge is 0.353 e. The summed E-state index contributed by atoms with van der Waals surface area (Å²) in [5.41, 5.74) is 0. The van der Waals surface area contributed by atoms with Crippen LogP contribution in [0.2, 0.25) is 0 Å². The van der Waals surface area contributed by atoms with Crippen molar-refractivity contribution >= 4 is 29.2 Å². The van der Waals surface area contributed by atoms with E-state index in [1.165, 1.54) is 6.42 Å². The van der Waals surface area contributed by atoms with Gasteiger partial charge < -0.3 is 9.47 Å². The molecule has 5 heteroatoms. The molecule has 1 fully saturated rings. The summed E-state index contributed by atoms with van der Waals surface area (Å²) in [6.45, 7) is 6.63. The summed E-state index contributed by atoms with van der Waals surface area (Å²) in [6, 6.07) is 0. The van der Waals surface area contributed by atoms with Crippen molar-refractivity contribution in [2.75, 3.05) is 0 Å². The van der Waals surface area contributed by atoms with E-state index in [9.17, 15) is 4.79 Å². The second kappa shape index (κ2) is 6.02. The number of ether oxygens (including phenoxy) is 2. The first-order valence-corrected chi connectivity index (χ1v) is 7.57. The van der Waals surface area contributed by atoms with Crippen LogP contribution in [0.1, 0.15) is 40.0 Å². The van der Waals surface area contributed by atoms with E-state index in [2.05, 4.69) is 20.8 Å². The lowest BCUT2D eigenvalue weighted by Gasteiger charge is -2.37. The first kappa shape index (κ1) is 15.1. The maximum Gasteiger partial charge on any atom is 0.353 e. The third-order valence-corrected chi connectivity index (χ3v) is 5.04. The molecule has 0 saturated heterocycles. The molecule has 4 unspecified atom stereocenters. The van der Waals surface area contributed by atoms with Gasteiger partial charge in [0.15, 0.2) is 0 Å². The Morgan fingerprint density at radius 2 is 2.00 bits per heavy atom. The topological polar surface area (TPSA) is 35.5 Å². The largest absolute Gasteiger partial charge is 0.426 e. The molecule has 0 aromatic carbocycles. The standard InChI is InChI=1S/C14H20Cl2O3/c1-7(2)9-5-4-8(3)10(6-9)18-14-12(16)11(15)13(17)19-14/h7-10,14H,4-6H2,1-3H3. The van der Waals surface area contributed by atoms with Gasteiger partial charge in [-0.1, -0.05) is 44.0 Å². The first-order chi connectivity index (χ1) is 8.90. The van der Waals surface area contributed by atoms with E-state index in [0.29, 0.717) is 17.8 Å². The Morgan fingerprint density at radius 1 is 1.32 bits per heavy atom. The molecule has 3 nitrogen and oxygen atoms in total. The van der Waals surface area contributed by atoms with Crippen LogP contribution in [0.15, 0.2) is 10.1 Å². The van der Waals surface area contributed by atoms with Crippen molar-refractivity contribution in [1.82, 2.24) is 0 Å². The maximum absolute atomic E-state index is 11.3. The van der Waals surface area contributed by atoms with Gasteiger partial charge in [0.1, 0.15) is 10.1 Å². The number of carbonyl (C=O) groups excluding carboxylic acids is 1.